The lowest BCUT2D eigenvalue weighted by Gasteiger charge is -2.22. The molecule has 1 aliphatic carbocycles. The number of nitrogens with one attached hydrogen (secondary N) is 1. The lowest BCUT2D eigenvalue weighted by molar-refractivity contribution is -0.385. The van der Waals surface area contributed by atoms with Gasteiger partial charge in [-0.2, -0.15) is 13.2 Å². The van der Waals surface area contributed by atoms with Crippen LogP contribution in [-0.2, 0) is 30.5 Å². The second kappa shape index (κ2) is 25.5. The van der Waals surface area contributed by atoms with E-state index in [-0.39, 0.29) is 127 Å². The number of nitrogens with zero attached hydrogens (tertiary/aromatic N) is 4. The highest BCUT2D eigenvalue weighted by molar-refractivity contribution is 5.81. The van der Waals surface area contributed by atoms with Gasteiger partial charge >= 0.3 is 12.1 Å². The zero-order valence-corrected chi connectivity index (χ0v) is 39.5. The van der Waals surface area contributed by atoms with Crippen LogP contribution in [0.25, 0.3) is 0 Å². The van der Waals surface area contributed by atoms with E-state index in [1.54, 1.807) is 0 Å². The van der Waals surface area contributed by atoms with Crippen LogP contribution in [0.3, 0.4) is 0 Å². The molecule has 1 aliphatic rings. The summed E-state index contributed by atoms with van der Waals surface area (Å²) in [7, 11) is 0. The standard InChI is InChI=1S/C49H58F3N5O13/c1-4-16-67-44-32-20-34-26-41(55(61)62)28-36(45(34)68-17-5-2)22-38-30-43(57(65)66)31-39(47(38)70-19-14-12-10-8-7-9-11-13-15-53-48(58)49(50,51)52)23-37-29-42(56(63)64)27-35(46(37)69-18-6-3)21-33(44)25-40(24-32)54(59)60/h24-31H,4-23H2,1-3H3,(H,53,58). The van der Waals surface area contributed by atoms with Crippen LogP contribution >= 0.6 is 0 Å². The highest BCUT2D eigenvalue weighted by Gasteiger charge is 2.38. The Labute approximate surface area is 402 Å². The van der Waals surface area contributed by atoms with Crippen LogP contribution in [-0.4, -0.2) is 64.7 Å². The van der Waals surface area contributed by atoms with Crippen molar-refractivity contribution in [3.05, 3.63) is 133 Å². The van der Waals surface area contributed by atoms with Crippen molar-refractivity contribution in [2.24, 2.45) is 0 Å². The summed E-state index contributed by atoms with van der Waals surface area (Å²) in [5, 5.41) is 52.4. The minimum Gasteiger partial charge on any atom is -0.493 e. The van der Waals surface area contributed by atoms with E-state index in [1.165, 1.54) is 48.5 Å². The molecule has 0 saturated carbocycles. The molecular formula is C49H58F3N5O13. The number of rotatable bonds is 25. The predicted molar refractivity (Wildman–Crippen MR) is 252 cm³/mol. The third-order valence-electron chi connectivity index (χ3n) is 11.5. The first-order valence-corrected chi connectivity index (χ1v) is 23.5. The zero-order valence-electron chi connectivity index (χ0n) is 39.5. The summed E-state index contributed by atoms with van der Waals surface area (Å²) in [5.41, 5.74) is 1.05. The average Bonchev–Trinajstić information content (AvgIpc) is 3.30. The Morgan fingerprint density at radius 3 is 0.943 bits per heavy atom. The van der Waals surface area contributed by atoms with Crippen molar-refractivity contribution in [1.82, 2.24) is 5.32 Å². The van der Waals surface area contributed by atoms with E-state index in [1.807, 2.05) is 26.1 Å². The molecule has 70 heavy (non-hydrogen) atoms. The number of halogens is 3. The molecule has 0 radical (unpaired) electrons. The first-order valence-electron chi connectivity index (χ1n) is 23.5. The van der Waals surface area contributed by atoms with Gasteiger partial charge in [-0.15, -0.1) is 0 Å². The van der Waals surface area contributed by atoms with Gasteiger partial charge in [0.05, 0.1) is 46.1 Å². The molecule has 0 fully saturated rings. The van der Waals surface area contributed by atoms with Crippen LogP contribution in [0.5, 0.6) is 23.0 Å². The van der Waals surface area contributed by atoms with Gasteiger partial charge in [0.2, 0.25) is 0 Å². The number of benzene rings is 4. The molecule has 0 unspecified atom stereocenters. The van der Waals surface area contributed by atoms with Gasteiger partial charge in [-0.3, -0.25) is 45.3 Å². The Morgan fingerprint density at radius 2 is 0.700 bits per heavy atom. The number of amides is 1. The smallest absolute Gasteiger partial charge is 0.471 e. The molecule has 0 heterocycles. The molecule has 0 aromatic heterocycles. The molecule has 0 spiro atoms. The fourth-order valence-electron chi connectivity index (χ4n) is 8.35. The van der Waals surface area contributed by atoms with Crippen molar-refractivity contribution in [2.45, 2.75) is 123 Å². The summed E-state index contributed by atoms with van der Waals surface area (Å²) < 4.78 is 62.9. The maximum Gasteiger partial charge on any atom is 0.471 e. The molecule has 8 bridgehead atoms. The molecule has 0 saturated heterocycles. The van der Waals surface area contributed by atoms with Gasteiger partial charge in [0.25, 0.3) is 22.7 Å². The van der Waals surface area contributed by atoms with Crippen LogP contribution in [0.1, 0.15) is 136 Å². The molecule has 4 aromatic rings. The highest BCUT2D eigenvalue weighted by atomic mass is 19.4. The summed E-state index contributed by atoms with van der Waals surface area (Å²) in [6.07, 6.45) is 1.60. The summed E-state index contributed by atoms with van der Waals surface area (Å²) in [4.78, 5) is 59.2. The highest BCUT2D eigenvalue weighted by Crippen LogP contribution is 2.43. The van der Waals surface area contributed by atoms with Crippen LogP contribution in [0, 0.1) is 40.5 Å². The van der Waals surface area contributed by atoms with Gasteiger partial charge in [0.1, 0.15) is 23.0 Å². The van der Waals surface area contributed by atoms with Gasteiger partial charge in [-0.05, 0) is 32.1 Å². The van der Waals surface area contributed by atoms with Gasteiger partial charge in [0, 0.05) is 125 Å². The van der Waals surface area contributed by atoms with Crippen molar-refractivity contribution in [3.8, 4) is 23.0 Å². The number of hydrogen-bond acceptors (Lipinski definition) is 13. The number of carbonyl (C=O) groups excluding carboxylic acids is 1. The number of ether oxygens (including phenoxy) is 4. The topological polar surface area (TPSA) is 239 Å². The predicted octanol–water partition coefficient (Wildman–Crippen LogP) is 11.5. The molecule has 0 atom stereocenters. The first kappa shape index (κ1) is 53.9. The maximum absolute atomic E-state index is 12.7. The molecule has 5 rings (SSSR count). The molecular weight excluding hydrogens is 924 g/mol. The Morgan fingerprint density at radius 1 is 0.457 bits per heavy atom. The van der Waals surface area contributed by atoms with Crippen LogP contribution < -0.4 is 24.3 Å². The number of hydrogen-bond donors (Lipinski definition) is 1. The Hall–Kier alpha value is -7.06. The van der Waals surface area contributed by atoms with Crippen molar-refractivity contribution >= 4 is 28.7 Å². The fourth-order valence-corrected chi connectivity index (χ4v) is 8.35. The van der Waals surface area contributed by atoms with Crippen molar-refractivity contribution < 1.29 is 56.6 Å². The molecule has 0 aliphatic heterocycles. The molecule has 378 valence electrons. The van der Waals surface area contributed by atoms with E-state index < -0.39 is 31.8 Å². The summed E-state index contributed by atoms with van der Waals surface area (Å²) in [6, 6.07) is 10.6. The number of nitro benzene ring substituents is 4. The third-order valence-corrected chi connectivity index (χ3v) is 11.5. The quantitative estimate of drug-likeness (QED) is 0.0325. The second-order valence-corrected chi connectivity index (χ2v) is 17.1. The maximum atomic E-state index is 12.7. The summed E-state index contributed by atoms with van der Waals surface area (Å²) in [5.74, 6) is -0.976. The molecule has 18 nitrogen and oxygen atoms in total. The number of nitro groups is 4. The number of carbonyl (C=O) groups is 1. The number of fused-ring (bicyclic) bond motifs is 8. The minimum atomic E-state index is -4.92. The molecule has 4 aromatic carbocycles. The third kappa shape index (κ3) is 14.7. The van der Waals surface area contributed by atoms with Crippen molar-refractivity contribution in [3.63, 3.8) is 0 Å². The molecule has 1 amide bonds. The van der Waals surface area contributed by atoms with Crippen LogP contribution in [0.4, 0.5) is 35.9 Å². The van der Waals surface area contributed by atoms with Crippen molar-refractivity contribution in [1.29, 1.82) is 0 Å². The number of non-ortho nitro benzene ring substituents is 4. The van der Waals surface area contributed by atoms with E-state index >= 15 is 0 Å². The summed E-state index contributed by atoms with van der Waals surface area (Å²) in [6.45, 7) is 6.24. The lowest BCUT2D eigenvalue weighted by atomic mass is 9.90. The summed E-state index contributed by atoms with van der Waals surface area (Å²) >= 11 is 0. The molecule has 21 heteroatoms. The van der Waals surface area contributed by atoms with E-state index in [9.17, 15) is 58.4 Å². The van der Waals surface area contributed by atoms with Gasteiger partial charge in [-0.25, -0.2) is 0 Å². The second-order valence-electron chi connectivity index (χ2n) is 17.1. The van der Waals surface area contributed by atoms with Crippen LogP contribution in [0.15, 0.2) is 48.5 Å². The van der Waals surface area contributed by atoms with Gasteiger partial charge in [0.15, 0.2) is 0 Å². The van der Waals surface area contributed by atoms with E-state index in [4.69, 9.17) is 18.9 Å². The first-order chi connectivity index (χ1) is 33.4. The van der Waals surface area contributed by atoms with E-state index in [0.717, 1.165) is 25.7 Å². The largest absolute Gasteiger partial charge is 0.493 e. The fraction of sp³-hybridized carbons (Fsp3) is 0.490. The monoisotopic (exact) mass is 981 g/mol. The number of unbranched alkanes of at least 4 members (excludes halogenated alkanes) is 7. The molecule has 1 N–H and O–H groups in total. The zero-order chi connectivity index (χ0) is 51.0. The van der Waals surface area contributed by atoms with E-state index in [0.29, 0.717) is 67.2 Å². The average molecular weight is 982 g/mol. The number of alkyl halides is 3. The normalized spacial score (nSPS) is 12.2. The Balaban J connectivity index is 1.64. The van der Waals surface area contributed by atoms with E-state index in [2.05, 4.69) is 0 Å². The Bertz CT molecular complexity index is 2410. The van der Waals surface area contributed by atoms with Crippen molar-refractivity contribution in [2.75, 3.05) is 33.0 Å². The SMILES string of the molecule is CCCOc1c2cc([N+](=O)[O-])cc1Cc1cc([N+](=O)[O-])cc(c1OCCC)Cc1cc([N+](=O)[O-])cc(c1OCCCCCCCCCCNC(=O)C(F)(F)F)Cc1cc([N+](=O)[O-])cc(c1OCCC)C2. The lowest BCUT2D eigenvalue weighted by Crippen LogP contribution is -2.37. The Kier molecular flexibility index (Phi) is 19.6. The van der Waals surface area contributed by atoms with Gasteiger partial charge in [-0.1, -0.05) is 59.3 Å². The van der Waals surface area contributed by atoms with Crippen LogP contribution in [0.2, 0.25) is 0 Å². The van der Waals surface area contributed by atoms with Gasteiger partial charge < -0.3 is 24.3 Å². The minimum absolute atomic E-state index is 0.0661.